The van der Waals surface area contributed by atoms with Crippen LogP contribution >= 0.6 is 0 Å². The Morgan fingerprint density at radius 2 is 2.35 bits per heavy atom. The molecular formula is C14H14N6O3. The highest BCUT2D eigenvalue weighted by atomic mass is 16.6. The number of non-ortho nitro benzene ring substituents is 1. The quantitative estimate of drug-likeness (QED) is 0.318. The lowest BCUT2D eigenvalue weighted by Crippen LogP contribution is -1.94. The molecule has 0 aliphatic rings. The summed E-state index contributed by atoms with van der Waals surface area (Å²) in [5.74, 6) is 0.0972. The lowest BCUT2D eigenvalue weighted by molar-refractivity contribution is -0.384. The summed E-state index contributed by atoms with van der Waals surface area (Å²) in [4.78, 5) is 14.3. The van der Waals surface area contributed by atoms with E-state index in [1.54, 1.807) is 0 Å². The number of nitro benzene ring substituents is 1. The number of nitrogens with zero attached hydrogens (tertiary/aromatic N) is 4. The van der Waals surface area contributed by atoms with Crippen LogP contribution in [0.4, 0.5) is 11.5 Å². The van der Waals surface area contributed by atoms with Crippen molar-refractivity contribution in [3.63, 3.8) is 0 Å². The van der Waals surface area contributed by atoms with Gasteiger partial charge in [-0.2, -0.15) is 10.4 Å². The van der Waals surface area contributed by atoms with Crippen LogP contribution < -0.4 is 5.73 Å². The fourth-order valence-corrected chi connectivity index (χ4v) is 1.97. The van der Waals surface area contributed by atoms with Crippen LogP contribution in [0.3, 0.4) is 0 Å². The molecule has 118 valence electrons. The standard InChI is InChI=1S/C14H14N6O3/c15-7-11-12(18-19-14(11)16)2-1-5-17-8-9-6-10(20(22)23)3-4-13(9)21/h3-4,6,8,21H,1-2,5H2,(H3,16,18,19). The van der Waals surface area contributed by atoms with E-state index in [1.807, 2.05) is 6.07 Å². The number of nitriles is 1. The van der Waals surface area contributed by atoms with Crippen LogP contribution in [0.5, 0.6) is 5.75 Å². The number of phenols is 1. The maximum atomic E-state index is 10.7. The fraction of sp³-hybridized carbons (Fsp3) is 0.214. The summed E-state index contributed by atoms with van der Waals surface area (Å²) in [5.41, 5.74) is 6.69. The van der Waals surface area contributed by atoms with E-state index >= 15 is 0 Å². The SMILES string of the molecule is N#Cc1c(N)n[nH]c1CCCN=Cc1cc([N+](=O)[O-])ccc1O. The molecule has 0 saturated carbocycles. The van der Waals surface area contributed by atoms with Crippen molar-refractivity contribution >= 4 is 17.7 Å². The van der Waals surface area contributed by atoms with Gasteiger partial charge >= 0.3 is 0 Å². The van der Waals surface area contributed by atoms with Crippen molar-refractivity contribution in [2.75, 3.05) is 12.3 Å². The maximum absolute atomic E-state index is 10.7. The molecular weight excluding hydrogens is 300 g/mol. The van der Waals surface area contributed by atoms with Crippen molar-refractivity contribution < 1.29 is 10.0 Å². The second-order valence-electron chi connectivity index (χ2n) is 4.71. The zero-order valence-electron chi connectivity index (χ0n) is 12.1. The van der Waals surface area contributed by atoms with Gasteiger partial charge in [0.15, 0.2) is 5.82 Å². The zero-order valence-corrected chi connectivity index (χ0v) is 12.1. The smallest absolute Gasteiger partial charge is 0.270 e. The Hall–Kier alpha value is -3.41. The van der Waals surface area contributed by atoms with Crippen LogP contribution in [-0.4, -0.2) is 33.0 Å². The number of nitrogens with two attached hydrogens (primary N) is 1. The monoisotopic (exact) mass is 314 g/mol. The van der Waals surface area contributed by atoms with Gasteiger partial charge in [-0.1, -0.05) is 0 Å². The topological polar surface area (TPSA) is 154 Å². The number of hydrogen-bond acceptors (Lipinski definition) is 7. The molecule has 0 radical (unpaired) electrons. The Morgan fingerprint density at radius 1 is 1.57 bits per heavy atom. The number of anilines is 1. The molecule has 0 fully saturated rings. The molecule has 0 bridgehead atoms. The van der Waals surface area contributed by atoms with Crippen LogP contribution in [0.25, 0.3) is 0 Å². The molecule has 0 spiro atoms. The zero-order chi connectivity index (χ0) is 16.8. The van der Waals surface area contributed by atoms with Gasteiger partial charge in [0.05, 0.1) is 10.6 Å². The number of rotatable bonds is 6. The molecule has 9 nitrogen and oxygen atoms in total. The number of aromatic amines is 1. The van der Waals surface area contributed by atoms with Crippen LogP contribution in [0.1, 0.15) is 23.2 Å². The minimum absolute atomic E-state index is 0.0764. The minimum Gasteiger partial charge on any atom is -0.507 e. The Bertz CT molecular complexity index is 790. The van der Waals surface area contributed by atoms with Gasteiger partial charge in [-0.3, -0.25) is 20.2 Å². The first-order valence-corrected chi connectivity index (χ1v) is 6.73. The molecule has 4 N–H and O–H groups in total. The highest BCUT2D eigenvalue weighted by Gasteiger charge is 2.10. The molecule has 23 heavy (non-hydrogen) atoms. The van der Waals surface area contributed by atoms with E-state index < -0.39 is 4.92 Å². The van der Waals surface area contributed by atoms with Crippen LogP contribution in [0, 0.1) is 21.4 Å². The predicted molar refractivity (Wildman–Crippen MR) is 83.3 cm³/mol. The Morgan fingerprint density at radius 3 is 3.04 bits per heavy atom. The summed E-state index contributed by atoms with van der Waals surface area (Å²) in [5, 5.41) is 35.7. The minimum atomic E-state index is -0.539. The predicted octanol–water partition coefficient (Wildman–Crippen LogP) is 1.53. The molecule has 0 atom stereocenters. The molecule has 9 heteroatoms. The number of phenolic OH excluding ortho intramolecular Hbond substituents is 1. The first kappa shape index (κ1) is 16.0. The lowest BCUT2D eigenvalue weighted by Gasteiger charge is -1.99. The number of aromatic hydroxyl groups is 1. The molecule has 0 aliphatic heterocycles. The van der Waals surface area contributed by atoms with Gasteiger partial charge in [0.2, 0.25) is 0 Å². The van der Waals surface area contributed by atoms with Crippen LogP contribution in [-0.2, 0) is 6.42 Å². The average Bonchev–Trinajstić information content (AvgIpc) is 2.88. The Labute approximate surface area is 131 Å². The molecule has 0 amide bonds. The van der Waals surface area contributed by atoms with Crippen molar-refractivity contribution in [2.24, 2.45) is 4.99 Å². The Balaban J connectivity index is 1.94. The number of aromatic nitrogens is 2. The summed E-state index contributed by atoms with van der Waals surface area (Å²) in [6.07, 6.45) is 2.56. The Kier molecular flexibility index (Phi) is 4.89. The molecule has 2 rings (SSSR count). The van der Waals surface area contributed by atoms with E-state index in [4.69, 9.17) is 11.0 Å². The second kappa shape index (κ2) is 7.04. The number of benzene rings is 1. The number of nitrogen functional groups attached to an aromatic ring is 1. The maximum Gasteiger partial charge on any atom is 0.270 e. The normalized spacial score (nSPS) is 10.7. The average molecular weight is 314 g/mol. The number of H-pyrrole nitrogens is 1. The van der Waals surface area contributed by atoms with Gasteiger partial charge in [0.25, 0.3) is 5.69 Å². The molecule has 0 aliphatic carbocycles. The number of aliphatic imine (C=N–C) groups is 1. The van der Waals surface area contributed by atoms with E-state index in [1.165, 1.54) is 24.4 Å². The van der Waals surface area contributed by atoms with Crippen molar-refractivity contribution in [1.29, 1.82) is 5.26 Å². The first-order valence-electron chi connectivity index (χ1n) is 6.73. The van der Waals surface area contributed by atoms with Crippen LogP contribution in [0.2, 0.25) is 0 Å². The van der Waals surface area contributed by atoms with Gasteiger partial charge < -0.3 is 10.8 Å². The summed E-state index contributed by atoms with van der Waals surface area (Å²) < 4.78 is 0. The molecule has 1 aromatic heterocycles. The van der Waals surface area contributed by atoms with E-state index in [0.717, 1.165) is 0 Å². The van der Waals surface area contributed by atoms with Crippen molar-refractivity contribution in [1.82, 2.24) is 10.2 Å². The van der Waals surface area contributed by atoms with Crippen molar-refractivity contribution in [3.05, 3.63) is 45.1 Å². The molecule has 1 heterocycles. The lowest BCUT2D eigenvalue weighted by atomic mass is 10.1. The third kappa shape index (κ3) is 3.82. The summed E-state index contributed by atoms with van der Waals surface area (Å²) in [6, 6.07) is 5.71. The van der Waals surface area contributed by atoms with Gasteiger partial charge in [-0.25, -0.2) is 0 Å². The number of hydrogen-bond donors (Lipinski definition) is 3. The number of nitro groups is 1. The van der Waals surface area contributed by atoms with Crippen molar-refractivity contribution in [2.45, 2.75) is 12.8 Å². The number of nitrogens with one attached hydrogen (secondary N) is 1. The highest BCUT2D eigenvalue weighted by molar-refractivity contribution is 5.84. The largest absolute Gasteiger partial charge is 0.507 e. The summed E-state index contributed by atoms with van der Waals surface area (Å²) in [7, 11) is 0. The van der Waals surface area contributed by atoms with E-state index in [9.17, 15) is 15.2 Å². The molecule has 1 aromatic carbocycles. The van der Waals surface area contributed by atoms with E-state index in [0.29, 0.717) is 30.6 Å². The second-order valence-corrected chi connectivity index (χ2v) is 4.71. The molecule has 0 saturated heterocycles. The van der Waals surface area contributed by atoms with Crippen molar-refractivity contribution in [3.8, 4) is 11.8 Å². The van der Waals surface area contributed by atoms with Gasteiger partial charge in [-0.15, -0.1) is 0 Å². The fourth-order valence-electron chi connectivity index (χ4n) is 1.97. The van der Waals surface area contributed by atoms with Gasteiger partial charge in [-0.05, 0) is 18.9 Å². The van der Waals surface area contributed by atoms with Gasteiger partial charge in [0.1, 0.15) is 17.4 Å². The van der Waals surface area contributed by atoms with Gasteiger partial charge in [0, 0.05) is 30.5 Å². The first-order chi connectivity index (χ1) is 11.0. The van der Waals surface area contributed by atoms with Crippen LogP contribution in [0.15, 0.2) is 23.2 Å². The summed E-state index contributed by atoms with van der Waals surface area (Å²) >= 11 is 0. The molecule has 2 aromatic rings. The molecule has 0 unspecified atom stereocenters. The summed E-state index contributed by atoms with van der Waals surface area (Å²) in [6.45, 7) is 0.423. The number of aryl methyl sites for hydroxylation is 1. The third-order valence-electron chi connectivity index (χ3n) is 3.15. The highest BCUT2D eigenvalue weighted by Crippen LogP contribution is 2.21. The van der Waals surface area contributed by atoms with E-state index in [-0.39, 0.29) is 22.8 Å². The third-order valence-corrected chi connectivity index (χ3v) is 3.15. The van der Waals surface area contributed by atoms with E-state index in [2.05, 4.69) is 15.2 Å².